The molecule has 0 N–H and O–H groups in total. The topological polar surface area (TPSA) is 72.9 Å². The molecular formula is C17H19NO5. The summed E-state index contributed by atoms with van der Waals surface area (Å²) in [5.41, 5.74) is 0.322. The van der Waals surface area contributed by atoms with E-state index in [4.69, 9.17) is 9.47 Å². The number of Topliss-reactive ketones (excluding diaryl/α,β-unsaturated/α-hetero) is 1. The molecule has 1 aliphatic carbocycles. The van der Waals surface area contributed by atoms with Crippen LogP contribution in [0.3, 0.4) is 0 Å². The average molecular weight is 317 g/mol. The van der Waals surface area contributed by atoms with Gasteiger partial charge in [-0.2, -0.15) is 0 Å². The molecule has 1 heterocycles. The van der Waals surface area contributed by atoms with Crippen molar-refractivity contribution in [2.75, 3.05) is 20.2 Å². The van der Waals surface area contributed by atoms with E-state index < -0.39 is 23.4 Å². The standard InChI is InChI=1S/C17H19NO5/c1-22-15(20)13-9-18(11-17(7-8-17)14(13)19)16(21)23-10-12-5-3-2-4-6-12/h2-6,13H,7-11H2,1H3/t13-/m1/s1. The molecule has 0 aromatic heterocycles. The zero-order valence-electron chi connectivity index (χ0n) is 13.0. The van der Waals surface area contributed by atoms with Crippen LogP contribution in [0.15, 0.2) is 30.3 Å². The van der Waals surface area contributed by atoms with Gasteiger partial charge in [0, 0.05) is 18.5 Å². The van der Waals surface area contributed by atoms with Crippen LogP contribution in [-0.2, 0) is 25.7 Å². The molecule has 1 aromatic rings. The molecule has 1 amide bonds. The summed E-state index contributed by atoms with van der Waals surface area (Å²) >= 11 is 0. The van der Waals surface area contributed by atoms with E-state index in [-0.39, 0.29) is 18.9 Å². The van der Waals surface area contributed by atoms with Crippen molar-refractivity contribution in [2.24, 2.45) is 11.3 Å². The smallest absolute Gasteiger partial charge is 0.410 e. The van der Waals surface area contributed by atoms with E-state index >= 15 is 0 Å². The van der Waals surface area contributed by atoms with Gasteiger partial charge in [-0.25, -0.2) is 4.79 Å². The Morgan fingerprint density at radius 2 is 1.96 bits per heavy atom. The molecule has 1 saturated heterocycles. The van der Waals surface area contributed by atoms with Gasteiger partial charge in [0.25, 0.3) is 0 Å². The number of nitrogens with zero attached hydrogens (tertiary/aromatic N) is 1. The summed E-state index contributed by atoms with van der Waals surface area (Å²) in [6.07, 6.45) is 0.922. The number of ketones is 1. The fourth-order valence-electron chi connectivity index (χ4n) is 3.01. The molecule has 0 unspecified atom stereocenters. The van der Waals surface area contributed by atoms with Crippen molar-refractivity contribution in [3.8, 4) is 0 Å². The highest BCUT2D eigenvalue weighted by atomic mass is 16.6. The number of esters is 1. The number of carbonyl (C=O) groups is 3. The number of carbonyl (C=O) groups excluding carboxylic acids is 3. The fourth-order valence-corrected chi connectivity index (χ4v) is 3.01. The van der Waals surface area contributed by atoms with E-state index in [1.807, 2.05) is 30.3 Å². The van der Waals surface area contributed by atoms with Crippen LogP contribution in [0.1, 0.15) is 18.4 Å². The van der Waals surface area contributed by atoms with Crippen LogP contribution >= 0.6 is 0 Å². The molecule has 23 heavy (non-hydrogen) atoms. The molecule has 2 aliphatic rings. The van der Waals surface area contributed by atoms with Crippen molar-refractivity contribution < 1.29 is 23.9 Å². The summed E-state index contributed by atoms with van der Waals surface area (Å²) in [4.78, 5) is 37.9. The lowest BCUT2D eigenvalue weighted by Crippen LogP contribution is -2.53. The molecule has 1 saturated carbocycles. The molecule has 6 nitrogen and oxygen atoms in total. The maximum absolute atomic E-state index is 12.4. The van der Waals surface area contributed by atoms with Crippen LogP contribution in [0, 0.1) is 11.3 Å². The number of hydrogen-bond acceptors (Lipinski definition) is 5. The van der Waals surface area contributed by atoms with Gasteiger partial charge in [-0.1, -0.05) is 30.3 Å². The van der Waals surface area contributed by atoms with Crippen molar-refractivity contribution in [3.05, 3.63) is 35.9 Å². The van der Waals surface area contributed by atoms with E-state index in [2.05, 4.69) is 0 Å². The van der Waals surface area contributed by atoms with Gasteiger partial charge < -0.3 is 14.4 Å². The number of hydrogen-bond donors (Lipinski definition) is 0. The minimum Gasteiger partial charge on any atom is -0.468 e. The highest BCUT2D eigenvalue weighted by Crippen LogP contribution is 2.51. The third kappa shape index (κ3) is 3.06. The molecule has 0 radical (unpaired) electrons. The van der Waals surface area contributed by atoms with Gasteiger partial charge >= 0.3 is 12.1 Å². The monoisotopic (exact) mass is 317 g/mol. The number of piperidine rings is 1. The Bertz CT molecular complexity index is 623. The Morgan fingerprint density at radius 1 is 1.26 bits per heavy atom. The molecule has 122 valence electrons. The Balaban J connectivity index is 1.66. The lowest BCUT2D eigenvalue weighted by Gasteiger charge is -2.35. The highest BCUT2D eigenvalue weighted by Gasteiger charge is 2.58. The van der Waals surface area contributed by atoms with Crippen molar-refractivity contribution in [1.82, 2.24) is 4.90 Å². The third-order valence-electron chi connectivity index (χ3n) is 4.54. The number of benzene rings is 1. The minimum atomic E-state index is -0.902. The first-order chi connectivity index (χ1) is 11.1. The minimum absolute atomic E-state index is 0.0287. The van der Waals surface area contributed by atoms with Crippen molar-refractivity contribution in [1.29, 1.82) is 0 Å². The van der Waals surface area contributed by atoms with Gasteiger partial charge in [0.05, 0.1) is 7.11 Å². The van der Waals surface area contributed by atoms with Gasteiger partial charge in [-0.3, -0.25) is 9.59 Å². The Morgan fingerprint density at radius 3 is 2.57 bits per heavy atom. The second-order valence-corrected chi connectivity index (χ2v) is 6.14. The maximum atomic E-state index is 12.4. The van der Waals surface area contributed by atoms with E-state index in [9.17, 15) is 14.4 Å². The maximum Gasteiger partial charge on any atom is 0.410 e. The summed E-state index contributed by atoms with van der Waals surface area (Å²) in [7, 11) is 1.25. The molecule has 1 atom stereocenters. The van der Waals surface area contributed by atoms with Crippen LogP contribution < -0.4 is 0 Å². The number of methoxy groups -OCH3 is 1. The van der Waals surface area contributed by atoms with Crippen LogP contribution in [0.5, 0.6) is 0 Å². The van der Waals surface area contributed by atoms with E-state index in [1.54, 1.807) is 0 Å². The first-order valence-electron chi connectivity index (χ1n) is 7.63. The van der Waals surface area contributed by atoms with Gasteiger partial charge in [0.1, 0.15) is 12.5 Å². The van der Waals surface area contributed by atoms with Crippen LogP contribution in [0.25, 0.3) is 0 Å². The Hall–Kier alpha value is -2.37. The summed E-state index contributed by atoms with van der Waals surface area (Å²) in [5.74, 6) is -1.58. The Labute approximate surface area is 134 Å². The average Bonchev–Trinajstić information content (AvgIpc) is 3.35. The van der Waals surface area contributed by atoms with Crippen molar-refractivity contribution in [2.45, 2.75) is 19.4 Å². The summed E-state index contributed by atoms with van der Waals surface area (Å²) in [5, 5.41) is 0. The first kappa shape index (κ1) is 15.5. The molecule has 1 spiro atoms. The lowest BCUT2D eigenvalue weighted by atomic mass is 9.85. The van der Waals surface area contributed by atoms with Crippen molar-refractivity contribution >= 4 is 17.8 Å². The second-order valence-electron chi connectivity index (χ2n) is 6.14. The summed E-state index contributed by atoms with van der Waals surface area (Å²) in [6, 6.07) is 9.36. The normalized spacial score (nSPS) is 21.9. The molecule has 2 fully saturated rings. The SMILES string of the molecule is COC(=O)[C@@H]1CN(C(=O)OCc2ccccc2)CC2(CC2)C1=O. The predicted molar refractivity (Wildman–Crippen MR) is 80.4 cm³/mol. The highest BCUT2D eigenvalue weighted by molar-refractivity contribution is 6.04. The zero-order valence-corrected chi connectivity index (χ0v) is 13.0. The first-order valence-corrected chi connectivity index (χ1v) is 7.63. The van der Waals surface area contributed by atoms with Gasteiger partial charge in [0.15, 0.2) is 5.78 Å². The van der Waals surface area contributed by atoms with Gasteiger partial charge in [0.2, 0.25) is 0 Å². The number of amides is 1. The molecule has 1 aromatic carbocycles. The van der Waals surface area contributed by atoms with E-state index in [0.29, 0.717) is 19.4 Å². The number of likely N-dealkylation sites (tertiary alicyclic amines) is 1. The lowest BCUT2D eigenvalue weighted by molar-refractivity contribution is -0.154. The van der Waals surface area contributed by atoms with E-state index in [1.165, 1.54) is 12.0 Å². The van der Waals surface area contributed by atoms with E-state index in [0.717, 1.165) is 5.56 Å². The fraction of sp³-hybridized carbons (Fsp3) is 0.471. The molecule has 1 aliphatic heterocycles. The molecule has 3 rings (SSSR count). The Kier molecular flexibility index (Phi) is 4.07. The molecular weight excluding hydrogens is 298 g/mol. The van der Waals surface area contributed by atoms with Gasteiger partial charge in [-0.15, -0.1) is 0 Å². The van der Waals surface area contributed by atoms with Crippen LogP contribution in [0.2, 0.25) is 0 Å². The second kappa shape index (κ2) is 6.02. The summed E-state index contributed by atoms with van der Waals surface area (Å²) in [6.45, 7) is 0.522. The van der Waals surface area contributed by atoms with Crippen LogP contribution in [0.4, 0.5) is 4.79 Å². The number of rotatable bonds is 3. The third-order valence-corrected chi connectivity index (χ3v) is 4.54. The molecule has 6 heteroatoms. The number of ether oxygens (including phenoxy) is 2. The largest absolute Gasteiger partial charge is 0.468 e. The quantitative estimate of drug-likeness (QED) is 0.627. The van der Waals surface area contributed by atoms with Crippen molar-refractivity contribution in [3.63, 3.8) is 0 Å². The summed E-state index contributed by atoms with van der Waals surface area (Å²) < 4.78 is 10.0. The van der Waals surface area contributed by atoms with Gasteiger partial charge in [-0.05, 0) is 18.4 Å². The molecule has 0 bridgehead atoms. The predicted octanol–water partition coefficient (Wildman–Crippen LogP) is 1.78. The zero-order chi connectivity index (χ0) is 16.4. The van der Waals surface area contributed by atoms with Crippen LogP contribution in [-0.4, -0.2) is 42.9 Å².